The van der Waals surface area contributed by atoms with Crippen molar-refractivity contribution in [1.82, 2.24) is 4.90 Å². The van der Waals surface area contributed by atoms with Gasteiger partial charge in [-0.25, -0.2) is 4.39 Å². The molecule has 0 spiro atoms. The molecule has 0 aromatic heterocycles. The van der Waals surface area contributed by atoms with Crippen molar-refractivity contribution in [2.75, 3.05) is 27.3 Å². The molecule has 0 aliphatic carbocycles. The number of rotatable bonds is 5. The van der Waals surface area contributed by atoms with Crippen molar-refractivity contribution in [2.24, 2.45) is 5.92 Å². The third kappa shape index (κ3) is 3.64. The third-order valence-corrected chi connectivity index (χ3v) is 4.76. The molecular formula is C21H26FNO2. The summed E-state index contributed by atoms with van der Waals surface area (Å²) in [7, 11) is 3.32. The maximum atomic E-state index is 13.4. The highest BCUT2D eigenvalue weighted by atomic mass is 19.1. The van der Waals surface area contributed by atoms with E-state index in [1.165, 1.54) is 23.3 Å². The van der Waals surface area contributed by atoms with Gasteiger partial charge in [0.1, 0.15) is 5.82 Å². The minimum absolute atomic E-state index is 0.103. The van der Waals surface area contributed by atoms with Gasteiger partial charge in [-0.3, -0.25) is 4.90 Å². The van der Waals surface area contributed by atoms with Crippen molar-refractivity contribution in [3.63, 3.8) is 0 Å². The summed E-state index contributed by atoms with van der Waals surface area (Å²) in [5.41, 5.74) is 3.60. The molecule has 2 aromatic rings. The molecule has 0 amide bonds. The van der Waals surface area contributed by atoms with E-state index in [0.717, 1.165) is 36.6 Å². The minimum atomic E-state index is -0.206. The van der Waals surface area contributed by atoms with Crippen LogP contribution in [0, 0.1) is 11.7 Å². The fraction of sp³-hybridized carbons (Fsp3) is 0.429. The Morgan fingerprint density at radius 3 is 2.32 bits per heavy atom. The number of methoxy groups -OCH3 is 2. The Balaban J connectivity index is 2.10. The third-order valence-electron chi connectivity index (χ3n) is 4.76. The normalized spacial score (nSPS) is 17.4. The highest BCUT2D eigenvalue weighted by Gasteiger charge is 2.30. The molecule has 0 fully saturated rings. The van der Waals surface area contributed by atoms with Gasteiger partial charge in [-0.1, -0.05) is 26.0 Å². The van der Waals surface area contributed by atoms with Gasteiger partial charge in [0.05, 0.1) is 20.3 Å². The van der Waals surface area contributed by atoms with Crippen LogP contribution in [-0.4, -0.2) is 32.2 Å². The number of nitrogens with zero attached hydrogens (tertiary/aromatic N) is 1. The largest absolute Gasteiger partial charge is 0.493 e. The molecule has 0 bridgehead atoms. The summed E-state index contributed by atoms with van der Waals surface area (Å²) in [6.07, 6.45) is 0.972. The maximum absolute atomic E-state index is 13.4. The highest BCUT2D eigenvalue weighted by molar-refractivity contribution is 5.51. The van der Waals surface area contributed by atoms with Crippen LogP contribution in [0.2, 0.25) is 0 Å². The summed E-state index contributed by atoms with van der Waals surface area (Å²) in [5, 5.41) is 0. The number of benzene rings is 2. The number of fused-ring (bicyclic) bond motifs is 1. The zero-order chi connectivity index (χ0) is 18.0. The summed E-state index contributed by atoms with van der Waals surface area (Å²) >= 11 is 0. The van der Waals surface area contributed by atoms with Crippen molar-refractivity contribution in [3.8, 4) is 11.5 Å². The van der Waals surface area contributed by atoms with Gasteiger partial charge in [0.25, 0.3) is 0 Å². The molecule has 4 heteroatoms. The SMILES string of the molecule is COc1cc2c(cc1OC)C(c1ccc(F)cc1)N(CC(C)C)CC2. The average Bonchev–Trinajstić information content (AvgIpc) is 2.61. The summed E-state index contributed by atoms with van der Waals surface area (Å²) in [4.78, 5) is 2.48. The molecule has 1 heterocycles. The number of halogens is 1. The Kier molecular flexibility index (Phi) is 5.28. The second-order valence-electron chi connectivity index (χ2n) is 7.00. The summed E-state index contributed by atoms with van der Waals surface area (Å²) in [5.74, 6) is 1.85. The fourth-order valence-corrected chi connectivity index (χ4v) is 3.70. The van der Waals surface area contributed by atoms with E-state index in [9.17, 15) is 4.39 Å². The van der Waals surface area contributed by atoms with E-state index in [4.69, 9.17) is 9.47 Å². The lowest BCUT2D eigenvalue weighted by Gasteiger charge is -2.39. The molecule has 1 aliphatic heterocycles. The highest BCUT2D eigenvalue weighted by Crippen LogP contribution is 2.41. The van der Waals surface area contributed by atoms with Crippen LogP contribution in [0.15, 0.2) is 36.4 Å². The van der Waals surface area contributed by atoms with Gasteiger partial charge in [0.2, 0.25) is 0 Å². The second-order valence-corrected chi connectivity index (χ2v) is 7.00. The van der Waals surface area contributed by atoms with Crippen LogP contribution in [-0.2, 0) is 6.42 Å². The van der Waals surface area contributed by atoms with Crippen LogP contribution < -0.4 is 9.47 Å². The summed E-state index contributed by atoms with van der Waals surface area (Å²) < 4.78 is 24.4. The Morgan fingerprint density at radius 2 is 1.72 bits per heavy atom. The Morgan fingerprint density at radius 1 is 1.08 bits per heavy atom. The second kappa shape index (κ2) is 7.44. The lowest BCUT2D eigenvalue weighted by molar-refractivity contribution is 0.189. The Labute approximate surface area is 149 Å². The molecule has 0 radical (unpaired) electrons. The molecule has 0 saturated carbocycles. The van der Waals surface area contributed by atoms with Gasteiger partial charge in [-0.2, -0.15) is 0 Å². The first-order valence-corrected chi connectivity index (χ1v) is 8.77. The van der Waals surface area contributed by atoms with Crippen molar-refractivity contribution in [1.29, 1.82) is 0 Å². The fourth-order valence-electron chi connectivity index (χ4n) is 3.70. The summed E-state index contributed by atoms with van der Waals surface area (Å²) in [6, 6.07) is 11.1. The predicted octanol–water partition coefficient (Wildman–Crippen LogP) is 4.45. The molecule has 0 N–H and O–H groups in total. The van der Waals surface area contributed by atoms with Gasteiger partial charge in [0, 0.05) is 13.1 Å². The zero-order valence-electron chi connectivity index (χ0n) is 15.4. The summed E-state index contributed by atoms with van der Waals surface area (Å²) in [6.45, 7) is 6.43. The van der Waals surface area contributed by atoms with Gasteiger partial charge in [-0.05, 0) is 53.3 Å². The van der Waals surface area contributed by atoms with E-state index in [2.05, 4.69) is 30.9 Å². The molecule has 3 rings (SSSR count). The quantitative estimate of drug-likeness (QED) is 0.801. The van der Waals surface area contributed by atoms with Crippen LogP contribution in [0.5, 0.6) is 11.5 Å². The van der Waals surface area contributed by atoms with E-state index >= 15 is 0 Å². The minimum Gasteiger partial charge on any atom is -0.493 e. The van der Waals surface area contributed by atoms with Crippen LogP contribution >= 0.6 is 0 Å². The van der Waals surface area contributed by atoms with Crippen LogP contribution in [0.25, 0.3) is 0 Å². The Bertz CT molecular complexity index is 727. The van der Waals surface area contributed by atoms with E-state index in [1.807, 2.05) is 12.1 Å². The molecule has 1 atom stereocenters. The van der Waals surface area contributed by atoms with Gasteiger partial charge in [-0.15, -0.1) is 0 Å². The van der Waals surface area contributed by atoms with Crippen LogP contribution in [0.4, 0.5) is 4.39 Å². The molecule has 25 heavy (non-hydrogen) atoms. The molecule has 1 unspecified atom stereocenters. The molecule has 134 valence electrons. The first kappa shape index (κ1) is 17.7. The standard InChI is InChI=1S/C21H26FNO2/c1-14(2)13-23-10-9-16-11-19(24-3)20(25-4)12-18(16)21(23)15-5-7-17(22)8-6-15/h5-8,11-12,14,21H,9-10,13H2,1-4H3. The lowest BCUT2D eigenvalue weighted by Crippen LogP contribution is -2.38. The first-order chi connectivity index (χ1) is 12.0. The van der Waals surface area contributed by atoms with Gasteiger partial charge < -0.3 is 9.47 Å². The molecule has 2 aromatic carbocycles. The first-order valence-electron chi connectivity index (χ1n) is 8.77. The predicted molar refractivity (Wildman–Crippen MR) is 97.9 cm³/mol. The average molecular weight is 343 g/mol. The van der Waals surface area contributed by atoms with Crippen molar-refractivity contribution < 1.29 is 13.9 Å². The smallest absolute Gasteiger partial charge is 0.161 e. The molecule has 3 nitrogen and oxygen atoms in total. The lowest BCUT2D eigenvalue weighted by atomic mass is 9.87. The van der Waals surface area contributed by atoms with Gasteiger partial charge >= 0.3 is 0 Å². The topological polar surface area (TPSA) is 21.7 Å². The maximum Gasteiger partial charge on any atom is 0.161 e. The van der Waals surface area contributed by atoms with Gasteiger partial charge in [0.15, 0.2) is 11.5 Å². The van der Waals surface area contributed by atoms with E-state index < -0.39 is 0 Å². The number of hydrogen-bond acceptors (Lipinski definition) is 3. The van der Waals surface area contributed by atoms with Crippen molar-refractivity contribution in [3.05, 3.63) is 58.9 Å². The monoisotopic (exact) mass is 343 g/mol. The van der Waals surface area contributed by atoms with Crippen molar-refractivity contribution in [2.45, 2.75) is 26.3 Å². The van der Waals surface area contributed by atoms with E-state index in [-0.39, 0.29) is 11.9 Å². The molecule has 0 saturated heterocycles. The zero-order valence-corrected chi connectivity index (χ0v) is 15.4. The number of hydrogen-bond donors (Lipinski definition) is 0. The van der Waals surface area contributed by atoms with E-state index in [0.29, 0.717) is 5.92 Å². The van der Waals surface area contributed by atoms with Crippen molar-refractivity contribution >= 4 is 0 Å². The number of ether oxygens (including phenoxy) is 2. The molecule has 1 aliphatic rings. The molecular weight excluding hydrogens is 317 g/mol. The van der Waals surface area contributed by atoms with Crippen LogP contribution in [0.3, 0.4) is 0 Å². The van der Waals surface area contributed by atoms with E-state index in [1.54, 1.807) is 14.2 Å². The van der Waals surface area contributed by atoms with Crippen LogP contribution in [0.1, 0.15) is 36.6 Å². The Hall–Kier alpha value is -2.07.